The third kappa shape index (κ3) is 6.37. The topological polar surface area (TPSA) is 42.8 Å². The lowest BCUT2D eigenvalue weighted by Crippen LogP contribution is -3.08. The molecule has 0 aliphatic carbocycles. The van der Waals surface area contributed by atoms with Crippen LogP contribution in [0.5, 0.6) is 5.75 Å². The predicted octanol–water partition coefficient (Wildman–Crippen LogP) is 3.27. The van der Waals surface area contributed by atoms with Gasteiger partial charge in [-0.2, -0.15) is 20.1 Å². The molecule has 2 atom stereocenters. The van der Waals surface area contributed by atoms with Crippen LogP contribution in [0.3, 0.4) is 0 Å². The van der Waals surface area contributed by atoms with Gasteiger partial charge in [0.1, 0.15) is 12.3 Å². The van der Waals surface area contributed by atoms with Gasteiger partial charge in [0.25, 0.3) is 5.91 Å². The molecule has 1 heterocycles. The SMILES string of the molecule is C[NH+](CC(=O)N[C@H](c1ccccc1)c1ccc(OC(F)F)cc1)Cc1ccsc1. The van der Waals surface area contributed by atoms with E-state index in [9.17, 15) is 13.6 Å². The Hall–Kier alpha value is -2.77. The van der Waals surface area contributed by atoms with Crippen LogP contribution in [-0.2, 0) is 11.3 Å². The quantitative estimate of drug-likeness (QED) is 0.561. The van der Waals surface area contributed by atoms with Crippen molar-refractivity contribution < 1.29 is 23.2 Å². The molecule has 0 fully saturated rings. The number of nitrogens with one attached hydrogen (secondary N) is 2. The van der Waals surface area contributed by atoms with Gasteiger partial charge in [-0.3, -0.25) is 4.79 Å². The lowest BCUT2D eigenvalue weighted by Gasteiger charge is -2.21. The first kappa shape index (κ1) is 21.0. The molecule has 0 saturated carbocycles. The van der Waals surface area contributed by atoms with E-state index < -0.39 is 6.61 Å². The van der Waals surface area contributed by atoms with Crippen LogP contribution >= 0.6 is 11.3 Å². The summed E-state index contributed by atoms with van der Waals surface area (Å²) in [6.07, 6.45) is 0. The first-order valence-corrected chi connectivity index (χ1v) is 10.2. The number of likely N-dealkylation sites (N-methyl/N-ethyl adjacent to an activating group) is 1. The van der Waals surface area contributed by atoms with Crippen molar-refractivity contribution in [3.05, 3.63) is 88.1 Å². The number of carbonyl (C=O) groups is 1. The molecule has 1 unspecified atom stereocenters. The summed E-state index contributed by atoms with van der Waals surface area (Å²) in [4.78, 5) is 13.8. The molecule has 1 aromatic heterocycles. The van der Waals surface area contributed by atoms with Crippen molar-refractivity contribution >= 4 is 17.2 Å². The van der Waals surface area contributed by atoms with E-state index in [4.69, 9.17) is 0 Å². The summed E-state index contributed by atoms with van der Waals surface area (Å²) in [6, 6.07) is 17.6. The van der Waals surface area contributed by atoms with Crippen LogP contribution in [0, 0.1) is 0 Å². The minimum atomic E-state index is -2.87. The molecule has 3 aromatic rings. The minimum absolute atomic E-state index is 0.0838. The Morgan fingerprint density at radius 1 is 1.07 bits per heavy atom. The maximum absolute atomic E-state index is 12.7. The average Bonchev–Trinajstić information content (AvgIpc) is 3.20. The third-order valence-corrected chi connectivity index (χ3v) is 5.16. The number of hydrogen-bond donors (Lipinski definition) is 2. The molecule has 0 radical (unpaired) electrons. The number of carbonyl (C=O) groups excluding carboxylic acids is 1. The summed E-state index contributed by atoms with van der Waals surface area (Å²) < 4.78 is 29.2. The summed E-state index contributed by atoms with van der Waals surface area (Å²) in [7, 11) is 1.98. The summed E-state index contributed by atoms with van der Waals surface area (Å²) in [5, 5.41) is 7.18. The molecule has 0 saturated heterocycles. The normalized spacial score (nSPS) is 13.1. The Labute approximate surface area is 172 Å². The monoisotopic (exact) mass is 417 g/mol. The first-order valence-electron chi connectivity index (χ1n) is 9.22. The molecule has 2 N–H and O–H groups in total. The van der Waals surface area contributed by atoms with Crippen molar-refractivity contribution in [1.29, 1.82) is 0 Å². The lowest BCUT2D eigenvalue weighted by molar-refractivity contribution is -0.885. The molecular weight excluding hydrogens is 394 g/mol. The fourth-order valence-electron chi connectivity index (χ4n) is 3.14. The predicted molar refractivity (Wildman–Crippen MR) is 109 cm³/mol. The van der Waals surface area contributed by atoms with E-state index in [1.807, 2.05) is 42.8 Å². The fraction of sp³-hybridized carbons (Fsp3) is 0.227. The van der Waals surface area contributed by atoms with Gasteiger partial charge in [-0.15, -0.1) is 0 Å². The van der Waals surface area contributed by atoms with Gasteiger partial charge in [0.15, 0.2) is 6.54 Å². The summed E-state index contributed by atoms with van der Waals surface area (Å²) in [5.74, 6) is 0.00122. The molecule has 0 spiro atoms. The second-order valence-electron chi connectivity index (χ2n) is 6.80. The highest BCUT2D eigenvalue weighted by Gasteiger charge is 2.19. The van der Waals surface area contributed by atoms with E-state index >= 15 is 0 Å². The van der Waals surface area contributed by atoms with E-state index in [0.717, 1.165) is 22.6 Å². The highest BCUT2D eigenvalue weighted by Crippen LogP contribution is 2.24. The molecule has 2 aromatic carbocycles. The maximum atomic E-state index is 12.7. The number of amides is 1. The number of alkyl halides is 2. The van der Waals surface area contributed by atoms with Gasteiger partial charge in [-0.05, 0) is 40.1 Å². The number of ether oxygens (including phenoxy) is 1. The Bertz CT molecular complexity index is 887. The second-order valence-corrected chi connectivity index (χ2v) is 7.58. The molecule has 4 nitrogen and oxygen atoms in total. The zero-order chi connectivity index (χ0) is 20.6. The van der Waals surface area contributed by atoms with Crippen molar-refractivity contribution in [2.45, 2.75) is 19.2 Å². The molecule has 7 heteroatoms. The van der Waals surface area contributed by atoms with Crippen LogP contribution in [0.2, 0.25) is 0 Å². The van der Waals surface area contributed by atoms with Crippen LogP contribution in [0.1, 0.15) is 22.7 Å². The molecule has 3 rings (SSSR count). The number of benzene rings is 2. The van der Waals surface area contributed by atoms with Gasteiger partial charge in [0.2, 0.25) is 0 Å². The van der Waals surface area contributed by atoms with Crippen LogP contribution in [-0.4, -0.2) is 26.1 Å². The van der Waals surface area contributed by atoms with Crippen molar-refractivity contribution in [2.75, 3.05) is 13.6 Å². The van der Waals surface area contributed by atoms with E-state index in [0.29, 0.717) is 6.54 Å². The van der Waals surface area contributed by atoms with Crippen molar-refractivity contribution in [3.8, 4) is 5.75 Å². The Morgan fingerprint density at radius 2 is 1.76 bits per heavy atom. The summed E-state index contributed by atoms with van der Waals surface area (Å²) >= 11 is 1.64. The van der Waals surface area contributed by atoms with E-state index in [1.165, 1.54) is 17.7 Å². The van der Waals surface area contributed by atoms with Gasteiger partial charge in [0, 0.05) is 5.56 Å². The number of thiophene rings is 1. The molecule has 0 bridgehead atoms. The largest absolute Gasteiger partial charge is 0.435 e. The molecule has 29 heavy (non-hydrogen) atoms. The van der Waals surface area contributed by atoms with Gasteiger partial charge in [-0.1, -0.05) is 42.5 Å². The number of quaternary nitrogens is 1. The van der Waals surface area contributed by atoms with E-state index in [1.54, 1.807) is 23.5 Å². The van der Waals surface area contributed by atoms with Crippen LogP contribution in [0.15, 0.2) is 71.4 Å². The van der Waals surface area contributed by atoms with Gasteiger partial charge < -0.3 is 15.0 Å². The zero-order valence-corrected chi connectivity index (χ0v) is 16.8. The molecular formula is C22H23F2N2O2S+. The smallest absolute Gasteiger partial charge is 0.387 e. The number of hydrogen-bond acceptors (Lipinski definition) is 3. The molecule has 152 valence electrons. The number of halogens is 2. The van der Waals surface area contributed by atoms with Crippen molar-refractivity contribution in [3.63, 3.8) is 0 Å². The Kier molecular flexibility index (Phi) is 7.32. The van der Waals surface area contributed by atoms with E-state index in [2.05, 4.69) is 21.5 Å². The van der Waals surface area contributed by atoms with Crippen molar-refractivity contribution in [1.82, 2.24) is 5.32 Å². The van der Waals surface area contributed by atoms with Gasteiger partial charge >= 0.3 is 6.61 Å². The zero-order valence-electron chi connectivity index (χ0n) is 16.0. The average molecular weight is 418 g/mol. The first-order chi connectivity index (χ1) is 14.0. The Morgan fingerprint density at radius 3 is 2.38 bits per heavy atom. The van der Waals surface area contributed by atoms with Gasteiger partial charge in [0.05, 0.1) is 13.1 Å². The lowest BCUT2D eigenvalue weighted by atomic mass is 9.98. The van der Waals surface area contributed by atoms with E-state index in [-0.39, 0.29) is 17.7 Å². The summed E-state index contributed by atoms with van der Waals surface area (Å²) in [6.45, 7) is -1.77. The molecule has 1 amide bonds. The standard InChI is InChI=1S/C22H22F2N2O2S/c1-26(13-16-11-12-29-15-16)14-20(27)25-21(17-5-3-2-4-6-17)18-7-9-19(10-8-18)28-22(23)24/h2-12,15,21-22H,13-14H2,1H3,(H,25,27)/p+1/t21-/m1/s1. The minimum Gasteiger partial charge on any atom is -0.435 e. The molecule has 0 aliphatic heterocycles. The summed E-state index contributed by atoms with van der Waals surface area (Å²) in [5.41, 5.74) is 2.91. The van der Waals surface area contributed by atoms with Crippen LogP contribution in [0.25, 0.3) is 0 Å². The molecule has 0 aliphatic rings. The third-order valence-electron chi connectivity index (χ3n) is 4.43. The van der Waals surface area contributed by atoms with Crippen molar-refractivity contribution in [2.24, 2.45) is 0 Å². The maximum Gasteiger partial charge on any atom is 0.387 e. The fourth-order valence-corrected chi connectivity index (χ4v) is 3.81. The highest BCUT2D eigenvalue weighted by molar-refractivity contribution is 7.07. The Balaban J connectivity index is 1.71. The van der Waals surface area contributed by atoms with Crippen LogP contribution < -0.4 is 15.0 Å². The van der Waals surface area contributed by atoms with Gasteiger partial charge in [-0.25, -0.2) is 0 Å². The number of rotatable bonds is 9. The second kappa shape index (κ2) is 10.1. The van der Waals surface area contributed by atoms with Crippen LogP contribution in [0.4, 0.5) is 8.78 Å². The highest BCUT2D eigenvalue weighted by atomic mass is 32.1.